The van der Waals surface area contributed by atoms with E-state index in [1.165, 1.54) is 0 Å². The van der Waals surface area contributed by atoms with Crippen LogP contribution in [0.15, 0.2) is 30.4 Å². The van der Waals surface area contributed by atoms with Gasteiger partial charge in [0.25, 0.3) is 0 Å². The molecule has 1 aliphatic rings. The monoisotopic (exact) mass is 315 g/mol. The summed E-state index contributed by atoms with van der Waals surface area (Å²) in [7, 11) is 0. The van der Waals surface area contributed by atoms with E-state index in [-0.39, 0.29) is 23.9 Å². The predicted octanol–water partition coefficient (Wildman–Crippen LogP) is 3.78. The van der Waals surface area contributed by atoms with E-state index in [2.05, 4.69) is 5.32 Å². The van der Waals surface area contributed by atoms with Crippen molar-refractivity contribution in [1.82, 2.24) is 0 Å². The summed E-state index contributed by atoms with van der Waals surface area (Å²) < 4.78 is 5.31. The van der Waals surface area contributed by atoms with Crippen LogP contribution >= 0.6 is 0 Å². The summed E-state index contributed by atoms with van der Waals surface area (Å²) in [5, 5.41) is 2.96. The number of amides is 1. The second-order valence-electron chi connectivity index (χ2n) is 6.45. The van der Waals surface area contributed by atoms with Gasteiger partial charge in [-0.2, -0.15) is 0 Å². The van der Waals surface area contributed by atoms with Crippen LogP contribution in [0.25, 0.3) is 0 Å². The van der Waals surface area contributed by atoms with E-state index in [1.54, 1.807) is 0 Å². The molecule has 0 spiro atoms. The molecule has 1 aromatic rings. The van der Waals surface area contributed by atoms with E-state index in [0.717, 1.165) is 16.8 Å². The first-order valence-electron chi connectivity index (χ1n) is 8.12. The molecule has 1 aromatic carbocycles. The van der Waals surface area contributed by atoms with Gasteiger partial charge >= 0.3 is 5.97 Å². The van der Waals surface area contributed by atoms with Gasteiger partial charge in [0.2, 0.25) is 5.91 Å². The van der Waals surface area contributed by atoms with Crippen LogP contribution in [-0.4, -0.2) is 18.0 Å². The standard InChI is InChI=1S/C19H25NO3/c1-12(2)23-19(22)16-8-6-5-7-15(16)18(21)20-17-10-9-13(3)11-14(17)4/h5-6,9-12,15-16H,7-8H2,1-4H3,(H,20,21)/t15-,16+/m0/s1. The van der Waals surface area contributed by atoms with Crippen LogP contribution in [0.2, 0.25) is 0 Å². The Morgan fingerprint density at radius 2 is 1.78 bits per heavy atom. The zero-order valence-corrected chi connectivity index (χ0v) is 14.3. The first-order valence-corrected chi connectivity index (χ1v) is 8.12. The molecule has 2 atom stereocenters. The summed E-state index contributed by atoms with van der Waals surface area (Å²) >= 11 is 0. The molecule has 1 aliphatic carbocycles. The summed E-state index contributed by atoms with van der Waals surface area (Å²) in [5.41, 5.74) is 2.97. The number of aryl methyl sites for hydroxylation is 2. The van der Waals surface area contributed by atoms with Gasteiger partial charge in [-0.3, -0.25) is 9.59 Å². The lowest BCUT2D eigenvalue weighted by atomic mass is 9.82. The van der Waals surface area contributed by atoms with Gasteiger partial charge in [-0.1, -0.05) is 29.8 Å². The van der Waals surface area contributed by atoms with Gasteiger partial charge in [0.05, 0.1) is 17.9 Å². The minimum absolute atomic E-state index is 0.119. The Labute approximate surface area is 137 Å². The maximum absolute atomic E-state index is 12.7. The molecule has 4 nitrogen and oxygen atoms in total. The molecule has 0 radical (unpaired) electrons. The fraction of sp³-hybridized carbons (Fsp3) is 0.474. The molecule has 1 amide bonds. The average Bonchev–Trinajstić information content (AvgIpc) is 2.49. The van der Waals surface area contributed by atoms with Crippen LogP contribution in [0, 0.1) is 25.7 Å². The maximum atomic E-state index is 12.7. The summed E-state index contributed by atoms with van der Waals surface area (Å²) in [6.45, 7) is 7.62. The normalized spacial score (nSPS) is 20.4. The van der Waals surface area contributed by atoms with E-state index in [0.29, 0.717) is 12.8 Å². The van der Waals surface area contributed by atoms with Crippen LogP contribution in [0.1, 0.15) is 37.8 Å². The Hall–Kier alpha value is -2.10. The Morgan fingerprint density at radius 3 is 2.39 bits per heavy atom. The third-order valence-electron chi connectivity index (χ3n) is 4.06. The smallest absolute Gasteiger partial charge is 0.310 e. The lowest BCUT2D eigenvalue weighted by Crippen LogP contribution is -2.36. The van der Waals surface area contributed by atoms with Crippen molar-refractivity contribution in [2.45, 2.75) is 46.6 Å². The van der Waals surface area contributed by atoms with Crippen LogP contribution in [0.4, 0.5) is 5.69 Å². The van der Waals surface area contributed by atoms with E-state index in [1.807, 2.05) is 58.0 Å². The van der Waals surface area contributed by atoms with Crippen molar-refractivity contribution >= 4 is 17.6 Å². The molecule has 2 rings (SSSR count). The van der Waals surface area contributed by atoms with Gasteiger partial charge in [-0.05, 0) is 52.2 Å². The largest absolute Gasteiger partial charge is 0.463 e. The summed E-state index contributed by atoms with van der Waals surface area (Å²) in [6.07, 6.45) is 4.86. The average molecular weight is 315 g/mol. The number of ether oxygens (including phenoxy) is 1. The van der Waals surface area contributed by atoms with Crippen LogP contribution in [-0.2, 0) is 14.3 Å². The Kier molecular flexibility index (Phi) is 5.59. The summed E-state index contributed by atoms with van der Waals surface area (Å²) in [5.74, 6) is -1.20. The number of allylic oxidation sites excluding steroid dienone is 2. The zero-order chi connectivity index (χ0) is 17.0. The molecule has 0 unspecified atom stereocenters. The minimum Gasteiger partial charge on any atom is -0.463 e. The van der Waals surface area contributed by atoms with Crippen molar-refractivity contribution in [2.75, 3.05) is 5.32 Å². The number of carbonyl (C=O) groups excluding carboxylic acids is 2. The Bertz CT molecular complexity index is 619. The van der Waals surface area contributed by atoms with Crippen molar-refractivity contribution in [3.63, 3.8) is 0 Å². The number of anilines is 1. The molecule has 124 valence electrons. The molecule has 0 saturated carbocycles. The highest BCUT2D eigenvalue weighted by atomic mass is 16.5. The van der Waals surface area contributed by atoms with Crippen molar-refractivity contribution in [2.24, 2.45) is 11.8 Å². The fourth-order valence-corrected chi connectivity index (χ4v) is 2.86. The number of rotatable bonds is 4. The van der Waals surface area contributed by atoms with E-state index in [9.17, 15) is 9.59 Å². The van der Waals surface area contributed by atoms with Gasteiger partial charge in [-0.15, -0.1) is 0 Å². The summed E-state index contributed by atoms with van der Waals surface area (Å²) in [6, 6.07) is 5.90. The van der Waals surface area contributed by atoms with Crippen LogP contribution < -0.4 is 5.32 Å². The van der Waals surface area contributed by atoms with Gasteiger partial charge in [0.1, 0.15) is 0 Å². The van der Waals surface area contributed by atoms with Crippen molar-refractivity contribution in [3.05, 3.63) is 41.5 Å². The van der Waals surface area contributed by atoms with Crippen LogP contribution in [0.3, 0.4) is 0 Å². The fourth-order valence-electron chi connectivity index (χ4n) is 2.86. The molecule has 0 heterocycles. The molecule has 23 heavy (non-hydrogen) atoms. The van der Waals surface area contributed by atoms with Gasteiger partial charge in [0.15, 0.2) is 0 Å². The zero-order valence-electron chi connectivity index (χ0n) is 14.3. The van der Waals surface area contributed by atoms with Gasteiger partial charge in [-0.25, -0.2) is 0 Å². The molecule has 0 fully saturated rings. The molecule has 0 aromatic heterocycles. The van der Waals surface area contributed by atoms with E-state index >= 15 is 0 Å². The van der Waals surface area contributed by atoms with E-state index in [4.69, 9.17) is 4.74 Å². The number of benzene rings is 1. The lowest BCUT2D eigenvalue weighted by molar-refractivity contribution is -0.156. The number of carbonyl (C=O) groups is 2. The second kappa shape index (κ2) is 7.44. The van der Waals surface area contributed by atoms with E-state index < -0.39 is 5.92 Å². The molecule has 0 saturated heterocycles. The molecule has 0 aliphatic heterocycles. The second-order valence-corrected chi connectivity index (χ2v) is 6.45. The number of nitrogens with one attached hydrogen (secondary N) is 1. The van der Waals surface area contributed by atoms with Gasteiger partial charge in [0, 0.05) is 5.69 Å². The molecule has 1 N–H and O–H groups in total. The Balaban J connectivity index is 2.12. The maximum Gasteiger partial charge on any atom is 0.310 e. The first-order chi connectivity index (χ1) is 10.9. The lowest BCUT2D eigenvalue weighted by Gasteiger charge is -2.27. The number of hydrogen-bond donors (Lipinski definition) is 1. The Morgan fingerprint density at radius 1 is 1.13 bits per heavy atom. The van der Waals surface area contributed by atoms with Crippen molar-refractivity contribution in [3.8, 4) is 0 Å². The highest BCUT2D eigenvalue weighted by Gasteiger charge is 2.35. The predicted molar refractivity (Wildman–Crippen MR) is 91.1 cm³/mol. The van der Waals surface area contributed by atoms with Gasteiger partial charge < -0.3 is 10.1 Å². The highest BCUT2D eigenvalue weighted by Crippen LogP contribution is 2.29. The summed E-state index contributed by atoms with van der Waals surface area (Å²) in [4.78, 5) is 24.9. The first kappa shape index (κ1) is 17.3. The third-order valence-corrected chi connectivity index (χ3v) is 4.06. The van der Waals surface area contributed by atoms with Crippen molar-refractivity contribution < 1.29 is 14.3 Å². The molecule has 0 bridgehead atoms. The highest BCUT2D eigenvalue weighted by molar-refractivity contribution is 5.96. The molecular weight excluding hydrogens is 290 g/mol. The number of hydrogen-bond acceptors (Lipinski definition) is 3. The SMILES string of the molecule is Cc1ccc(NC(=O)[C@H]2CC=CC[C@H]2C(=O)OC(C)C)c(C)c1. The molecular formula is C19H25NO3. The van der Waals surface area contributed by atoms with Crippen LogP contribution in [0.5, 0.6) is 0 Å². The minimum atomic E-state index is -0.409. The molecule has 4 heteroatoms. The third kappa shape index (κ3) is 4.44. The topological polar surface area (TPSA) is 55.4 Å². The number of esters is 1. The van der Waals surface area contributed by atoms with Crippen molar-refractivity contribution in [1.29, 1.82) is 0 Å². The quantitative estimate of drug-likeness (QED) is 0.679.